The van der Waals surface area contributed by atoms with Crippen LogP contribution < -0.4 is 4.90 Å². The Morgan fingerprint density at radius 1 is 1.27 bits per heavy atom. The van der Waals surface area contributed by atoms with Crippen LogP contribution in [0.15, 0.2) is 12.7 Å². The summed E-state index contributed by atoms with van der Waals surface area (Å²) in [5, 5.41) is 0. The fourth-order valence-corrected chi connectivity index (χ4v) is 4.06. The third kappa shape index (κ3) is 1.81. The summed E-state index contributed by atoms with van der Waals surface area (Å²) in [6.45, 7) is 5.54. The van der Waals surface area contributed by atoms with Gasteiger partial charge in [-0.25, -0.2) is 15.0 Å². The van der Waals surface area contributed by atoms with E-state index in [0.717, 1.165) is 36.5 Å². The molecule has 2 saturated heterocycles. The van der Waals surface area contributed by atoms with E-state index in [2.05, 4.69) is 26.8 Å². The van der Waals surface area contributed by atoms with Gasteiger partial charge < -0.3 is 14.4 Å². The van der Waals surface area contributed by atoms with Crippen LogP contribution in [-0.2, 0) is 11.8 Å². The molecular formula is C15H20N6O. The number of likely N-dealkylation sites (tertiary alicyclic amines) is 1. The Kier molecular flexibility index (Phi) is 2.85. The van der Waals surface area contributed by atoms with Gasteiger partial charge in [0.25, 0.3) is 0 Å². The standard InChI is InChI=1S/C15H20N6O/c1-9-4-11-5-20(10(2)22)6-12(11)21(9)15-13-14(16-7-17-15)18-8-19(13)3/h7-9,11-12H,4-6H2,1-3H3. The van der Waals surface area contributed by atoms with E-state index in [1.807, 2.05) is 16.5 Å². The number of amides is 1. The molecule has 4 heterocycles. The van der Waals surface area contributed by atoms with Crippen molar-refractivity contribution in [2.24, 2.45) is 13.0 Å². The van der Waals surface area contributed by atoms with Crippen molar-refractivity contribution in [1.82, 2.24) is 24.4 Å². The fourth-order valence-electron chi connectivity index (χ4n) is 4.06. The van der Waals surface area contributed by atoms with E-state index in [-0.39, 0.29) is 5.91 Å². The van der Waals surface area contributed by atoms with Crippen LogP contribution >= 0.6 is 0 Å². The average molecular weight is 300 g/mol. The Morgan fingerprint density at radius 2 is 2.09 bits per heavy atom. The maximum atomic E-state index is 11.7. The van der Waals surface area contributed by atoms with Crippen molar-refractivity contribution < 1.29 is 4.79 Å². The van der Waals surface area contributed by atoms with E-state index in [1.165, 1.54) is 0 Å². The minimum atomic E-state index is 0.162. The molecule has 22 heavy (non-hydrogen) atoms. The van der Waals surface area contributed by atoms with Crippen LogP contribution in [0.2, 0.25) is 0 Å². The molecule has 3 unspecified atom stereocenters. The zero-order valence-electron chi connectivity index (χ0n) is 13.1. The molecule has 2 aromatic heterocycles. The van der Waals surface area contributed by atoms with Gasteiger partial charge in [-0.05, 0) is 13.3 Å². The quantitative estimate of drug-likeness (QED) is 0.779. The molecule has 3 atom stereocenters. The van der Waals surface area contributed by atoms with Gasteiger partial charge in [0.2, 0.25) is 5.91 Å². The van der Waals surface area contributed by atoms with Crippen molar-refractivity contribution in [3.63, 3.8) is 0 Å². The topological polar surface area (TPSA) is 67.2 Å². The lowest BCUT2D eigenvalue weighted by Crippen LogP contribution is -2.40. The Hall–Kier alpha value is -2.18. The number of hydrogen-bond donors (Lipinski definition) is 0. The zero-order valence-corrected chi connectivity index (χ0v) is 13.1. The smallest absolute Gasteiger partial charge is 0.219 e. The van der Waals surface area contributed by atoms with E-state index >= 15 is 0 Å². The highest BCUT2D eigenvalue weighted by Crippen LogP contribution is 2.39. The third-order valence-corrected chi connectivity index (χ3v) is 5.06. The molecule has 0 N–H and O–H groups in total. The van der Waals surface area contributed by atoms with Gasteiger partial charge in [-0.1, -0.05) is 0 Å². The minimum absolute atomic E-state index is 0.162. The molecule has 2 fully saturated rings. The number of rotatable bonds is 1. The lowest BCUT2D eigenvalue weighted by Gasteiger charge is -2.30. The molecule has 0 bridgehead atoms. The highest BCUT2D eigenvalue weighted by Gasteiger charge is 2.46. The minimum Gasteiger partial charge on any atom is -0.347 e. The summed E-state index contributed by atoms with van der Waals surface area (Å²) >= 11 is 0. The van der Waals surface area contributed by atoms with E-state index < -0.39 is 0 Å². The van der Waals surface area contributed by atoms with Crippen LogP contribution in [0.4, 0.5) is 5.82 Å². The van der Waals surface area contributed by atoms with Crippen LogP contribution in [-0.4, -0.2) is 55.5 Å². The predicted molar refractivity (Wildman–Crippen MR) is 82.4 cm³/mol. The first kappa shape index (κ1) is 13.5. The number of fused-ring (bicyclic) bond motifs is 2. The molecule has 0 spiro atoms. The second kappa shape index (κ2) is 4.66. The van der Waals surface area contributed by atoms with Crippen molar-refractivity contribution in [3.05, 3.63) is 12.7 Å². The van der Waals surface area contributed by atoms with Gasteiger partial charge in [-0.2, -0.15) is 0 Å². The summed E-state index contributed by atoms with van der Waals surface area (Å²) in [6, 6.07) is 0.754. The summed E-state index contributed by atoms with van der Waals surface area (Å²) in [5.74, 6) is 1.63. The highest BCUT2D eigenvalue weighted by atomic mass is 16.2. The summed E-state index contributed by atoms with van der Waals surface area (Å²) in [4.78, 5) is 29.2. The van der Waals surface area contributed by atoms with Crippen LogP contribution in [0.3, 0.4) is 0 Å². The molecule has 116 valence electrons. The zero-order chi connectivity index (χ0) is 15.4. The van der Waals surface area contributed by atoms with Crippen molar-refractivity contribution in [2.75, 3.05) is 18.0 Å². The van der Waals surface area contributed by atoms with Gasteiger partial charge in [-0.3, -0.25) is 4.79 Å². The van der Waals surface area contributed by atoms with Gasteiger partial charge in [-0.15, -0.1) is 0 Å². The van der Waals surface area contributed by atoms with Crippen molar-refractivity contribution in [1.29, 1.82) is 0 Å². The third-order valence-electron chi connectivity index (χ3n) is 5.06. The van der Waals surface area contributed by atoms with Crippen molar-refractivity contribution in [3.8, 4) is 0 Å². The maximum Gasteiger partial charge on any atom is 0.219 e. The molecule has 4 rings (SSSR count). The van der Waals surface area contributed by atoms with Gasteiger partial charge in [0.15, 0.2) is 11.5 Å². The predicted octanol–water partition coefficient (Wildman–Crippen LogP) is 0.809. The summed E-state index contributed by atoms with van der Waals surface area (Å²) in [6.07, 6.45) is 4.46. The monoisotopic (exact) mass is 300 g/mol. The first-order valence-corrected chi connectivity index (χ1v) is 7.72. The van der Waals surface area contributed by atoms with E-state index in [4.69, 9.17) is 0 Å². The summed E-state index contributed by atoms with van der Waals surface area (Å²) in [7, 11) is 1.97. The van der Waals surface area contributed by atoms with Crippen LogP contribution in [0.1, 0.15) is 20.3 Å². The molecule has 2 aliphatic rings. The number of carbonyl (C=O) groups is 1. The molecule has 2 aliphatic heterocycles. The molecule has 1 amide bonds. The fraction of sp³-hybridized carbons (Fsp3) is 0.600. The van der Waals surface area contributed by atoms with E-state index in [9.17, 15) is 4.79 Å². The lowest BCUT2D eigenvalue weighted by molar-refractivity contribution is -0.128. The molecule has 2 aromatic rings. The normalized spacial score (nSPS) is 27.7. The number of imidazole rings is 1. The lowest BCUT2D eigenvalue weighted by atomic mass is 10.0. The molecule has 0 aromatic carbocycles. The van der Waals surface area contributed by atoms with Crippen LogP contribution in [0.5, 0.6) is 0 Å². The Bertz CT molecular complexity index is 741. The van der Waals surface area contributed by atoms with E-state index in [1.54, 1.807) is 19.6 Å². The molecule has 7 nitrogen and oxygen atoms in total. The first-order valence-electron chi connectivity index (χ1n) is 7.72. The van der Waals surface area contributed by atoms with E-state index in [0.29, 0.717) is 18.0 Å². The number of nitrogens with zero attached hydrogens (tertiary/aromatic N) is 6. The second-order valence-electron chi connectivity index (χ2n) is 6.47. The number of aromatic nitrogens is 4. The van der Waals surface area contributed by atoms with Gasteiger partial charge in [0.1, 0.15) is 11.8 Å². The molecule has 0 radical (unpaired) electrons. The largest absolute Gasteiger partial charge is 0.347 e. The number of carbonyl (C=O) groups excluding carboxylic acids is 1. The second-order valence-corrected chi connectivity index (χ2v) is 6.47. The SMILES string of the molecule is CC(=O)N1CC2CC(C)N(c3ncnc4ncn(C)c34)C2C1. The van der Waals surface area contributed by atoms with Crippen molar-refractivity contribution in [2.45, 2.75) is 32.4 Å². The van der Waals surface area contributed by atoms with Crippen molar-refractivity contribution >= 4 is 22.9 Å². The van der Waals surface area contributed by atoms with Gasteiger partial charge in [0.05, 0.1) is 12.4 Å². The highest BCUT2D eigenvalue weighted by molar-refractivity contribution is 5.84. The average Bonchev–Trinajstić information content (AvgIpc) is 3.12. The van der Waals surface area contributed by atoms with Gasteiger partial charge in [0, 0.05) is 39.0 Å². The number of aryl methyl sites for hydroxylation is 1. The van der Waals surface area contributed by atoms with Gasteiger partial charge >= 0.3 is 0 Å². The Morgan fingerprint density at radius 3 is 2.86 bits per heavy atom. The molecule has 0 aliphatic carbocycles. The Labute approximate surface area is 129 Å². The molecular weight excluding hydrogens is 280 g/mol. The summed E-state index contributed by atoms with van der Waals surface area (Å²) < 4.78 is 1.97. The van der Waals surface area contributed by atoms with Crippen LogP contribution in [0.25, 0.3) is 11.2 Å². The maximum absolute atomic E-state index is 11.7. The Balaban J connectivity index is 1.77. The molecule has 7 heteroatoms. The first-order chi connectivity index (χ1) is 10.6. The number of hydrogen-bond acceptors (Lipinski definition) is 5. The molecule has 0 saturated carbocycles. The van der Waals surface area contributed by atoms with Crippen LogP contribution in [0, 0.1) is 5.92 Å². The summed E-state index contributed by atoms with van der Waals surface area (Å²) in [5.41, 5.74) is 1.70. The number of anilines is 1.